The molecule has 2 aromatic carbocycles. The predicted octanol–water partition coefficient (Wildman–Crippen LogP) is 6.12. The Balaban J connectivity index is 1.71. The molecule has 0 spiro atoms. The summed E-state index contributed by atoms with van der Waals surface area (Å²) < 4.78 is 12.5. The van der Waals surface area contributed by atoms with Gasteiger partial charge < -0.3 is 14.5 Å². The third-order valence-corrected chi connectivity index (χ3v) is 5.14. The molecule has 0 aliphatic carbocycles. The first-order valence-corrected chi connectivity index (χ1v) is 10.7. The highest BCUT2D eigenvalue weighted by molar-refractivity contribution is 6.42. The third kappa shape index (κ3) is 4.95. The summed E-state index contributed by atoms with van der Waals surface area (Å²) in [6, 6.07) is 15.9. The first kappa shape index (κ1) is 21.9. The Morgan fingerprint density at radius 2 is 1.97 bits per heavy atom. The minimum absolute atomic E-state index is 0.219. The van der Waals surface area contributed by atoms with E-state index < -0.39 is 0 Å². The quantitative estimate of drug-likeness (QED) is 0.351. The number of anilines is 1. The van der Waals surface area contributed by atoms with Crippen molar-refractivity contribution < 1.29 is 13.9 Å². The van der Waals surface area contributed by atoms with Gasteiger partial charge in [-0.1, -0.05) is 43.1 Å². The summed E-state index contributed by atoms with van der Waals surface area (Å²) in [5.74, 6) is 0.709. The van der Waals surface area contributed by atoms with Crippen molar-refractivity contribution in [2.75, 3.05) is 11.9 Å². The van der Waals surface area contributed by atoms with E-state index in [9.17, 15) is 4.79 Å². The van der Waals surface area contributed by atoms with Gasteiger partial charge in [0.25, 0.3) is 5.91 Å². The Kier molecular flexibility index (Phi) is 6.48. The van der Waals surface area contributed by atoms with Crippen molar-refractivity contribution in [1.82, 2.24) is 14.8 Å². The number of carbonyl (C=O) groups excluding carboxylic acids is 1. The van der Waals surface area contributed by atoms with Crippen LogP contribution in [0.4, 0.5) is 5.69 Å². The zero-order valence-electron chi connectivity index (χ0n) is 17.4. The number of carbonyl (C=O) groups is 1. The summed E-state index contributed by atoms with van der Waals surface area (Å²) in [7, 11) is 0. The molecule has 0 fully saturated rings. The molecule has 0 atom stereocenters. The molecule has 4 rings (SSSR count). The van der Waals surface area contributed by atoms with Crippen LogP contribution in [-0.4, -0.2) is 27.3 Å². The summed E-state index contributed by atoms with van der Waals surface area (Å²) in [6.07, 6.45) is 1.45. The van der Waals surface area contributed by atoms with E-state index in [-0.39, 0.29) is 17.7 Å². The molecule has 0 aliphatic heterocycles. The zero-order valence-corrected chi connectivity index (χ0v) is 18.9. The van der Waals surface area contributed by atoms with E-state index in [1.807, 2.05) is 32.0 Å². The van der Waals surface area contributed by atoms with Gasteiger partial charge in [-0.25, -0.2) is 4.68 Å². The maximum atomic E-state index is 12.3. The number of amides is 1. The molecule has 2 heterocycles. The fourth-order valence-electron chi connectivity index (χ4n) is 2.91. The van der Waals surface area contributed by atoms with Crippen molar-refractivity contribution in [2.24, 2.45) is 5.92 Å². The van der Waals surface area contributed by atoms with Gasteiger partial charge in [0.1, 0.15) is 0 Å². The largest absolute Gasteiger partial charge is 0.462 e. The van der Waals surface area contributed by atoms with Gasteiger partial charge in [0.2, 0.25) is 0 Å². The number of rotatable bonds is 7. The van der Waals surface area contributed by atoms with Crippen molar-refractivity contribution in [3.63, 3.8) is 0 Å². The van der Waals surface area contributed by atoms with Gasteiger partial charge in [-0.05, 0) is 54.4 Å². The molecule has 0 saturated heterocycles. The molecule has 1 amide bonds. The number of aromatic nitrogens is 3. The molecule has 1 N–H and O–H groups in total. The lowest BCUT2D eigenvalue weighted by molar-refractivity contribution is 0.0996. The number of nitrogens with zero attached hydrogens (tertiary/aromatic N) is 3. The molecular weight excluding hydrogens is 451 g/mol. The lowest BCUT2D eigenvalue weighted by Gasteiger charge is -2.09. The van der Waals surface area contributed by atoms with Gasteiger partial charge >= 0.3 is 6.01 Å². The smallest absolute Gasteiger partial charge is 0.336 e. The molecule has 0 bridgehead atoms. The highest BCUT2D eigenvalue weighted by Gasteiger charge is 2.17. The molecule has 0 unspecified atom stereocenters. The van der Waals surface area contributed by atoms with Gasteiger partial charge in [0.05, 0.1) is 28.6 Å². The lowest BCUT2D eigenvalue weighted by Crippen LogP contribution is -2.11. The second kappa shape index (κ2) is 9.46. The van der Waals surface area contributed by atoms with E-state index in [1.54, 1.807) is 41.1 Å². The van der Waals surface area contributed by atoms with Gasteiger partial charge in [-0.15, -0.1) is 5.10 Å². The summed E-state index contributed by atoms with van der Waals surface area (Å²) in [5, 5.41) is 8.19. The minimum Gasteiger partial charge on any atom is -0.462 e. The number of hydrogen-bond donors (Lipinski definition) is 1. The van der Waals surface area contributed by atoms with Gasteiger partial charge in [0.15, 0.2) is 11.6 Å². The Morgan fingerprint density at radius 3 is 2.69 bits per heavy atom. The molecule has 0 radical (unpaired) electrons. The SMILES string of the molecule is CC(C)COc1nc(-c2ccc(Cl)c(Cl)c2)n(-c2cccc(NC(=O)c3ccco3)c2)n1. The standard InChI is InChI=1S/C23H20Cl2N4O3/c1-14(2)13-32-23-27-21(15-8-9-18(24)19(25)11-15)29(28-23)17-6-3-5-16(12-17)26-22(30)20-7-4-10-31-20/h3-12,14H,13H2,1-2H3,(H,26,30). The molecule has 0 saturated carbocycles. The number of hydrogen-bond acceptors (Lipinski definition) is 5. The van der Waals surface area contributed by atoms with E-state index in [0.29, 0.717) is 39.8 Å². The van der Waals surface area contributed by atoms with Crippen LogP contribution in [0.3, 0.4) is 0 Å². The van der Waals surface area contributed by atoms with Crippen LogP contribution in [0, 0.1) is 5.92 Å². The Morgan fingerprint density at radius 1 is 1.12 bits per heavy atom. The predicted molar refractivity (Wildman–Crippen MR) is 124 cm³/mol. The first-order valence-electron chi connectivity index (χ1n) is 9.91. The monoisotopic (exact) mass is 470 g/mol. The van der Waals surface area contributed by atoms with Crippen molar-refractivity contribution in [3.05, 3.63) is 76.7 Å². The fraction of sp³-hybridized carbons (Fsp3) is 0.174. The maximum absolute atomic E-state index is 12.3. The highest BCUT2D eigenvalue weighted by Crippen LogP contribution is 2.30. The van der Waals surface area contributed by atoms with Crippen LogP contribution in [0.15, 0.2) is 65.3 Å². The molecule has 9 heteroatoms. The van der Waals surface area contributed by atoms with Crippen LogP contribution < -0.4 is 10.1 Å². The zero-order chi connectivity index (χ0) is 22.7. The average Bonchev–Trinajstić information content (AvgIpc) is 3.45. The molecule has 4 aromatic rings. The van der Waals surface area contributed by atoms with Crippen LogP contribution in [-0.2, 0) is 0 Å². The Bertz CT molecular complexity index is 1240. The summed E-state index contributed by atoms with van der Waals surface area (Å²) in [4.78, 5) is 16.9. The van der Waals surface area contributed by atoms with E-state index >= 15 is 0 Å². The number of furan rings is 1. The van der Waals surface area contributed by atoms with Crippen LogP contribution in [0.5, 0.6) is 6.01 Å². The number of halogens is 2. The van der Waals surface area contributed by atoms with Crippen LogP contribution >= 0.6 is 23.2 Å². The molecule has 164 valence electrons. The van der Waals surface area contributed by atoms with E-state index in [2.05, 4.69) is 15.4 Å². The number of nitrogens with one attached hydrogen (secondary N) is 1. The molecule has 7 nitrogen and oxygen atoms in total. The molecular formula is C23H20Cl2N4O3. The first-order chi connectivity index (χ1) is 15.4. The molecule has 32 heavy (non-hydrogen) atoms. The second-order valence-electron chi connectivity index (χ2n) is 7.45. The van der Waals surface area contributed by atoms with Gasteiger partial charge in [0, 0.05) is 11.3 Å². The van der Waals surface area contributed by atoms with Crippen molar-refractivity contribution in [3.8, 4) is 23.1 Å². The van der Waals surface area contributed by atoms with Gasteiger partial charge in [-0.2, -0.15) is 4.98 Å². The maximum Gasteiger partial charge on any atom is 0.336 e. The summed E-state index contributed by atoms with van der Waals surface area (Å²) in [5.41, 5.74) is 1.97. The van der Waals surface area contributed by atoms with Crippen molar-refractivity contribution in [1.29, 1.82) is 0 Å². The van der Waals surface area contributed by atoms with Crippen LogP contribution in [0.2, 0.25) is 10.0 Å². The lowest BCUT2D eigenvalue weighted by atomic mass is 10.2. The number of ether oxygens (including phenoxy) is 1. The van der Waals surface area contributed by atoms with E-state index in [4.69, 9.17) is 32.4 Å². The summed E-state index contributed by atoms with van der Waals surface area (Å²) >= 11 is 12.3. The van der Waals surface area contributed by atoms with E-state index in [1.165, 1.54) is 6.26 Å². The topological polar surface area (TPSA) is 82.2 Å². The molecule has 2 aromatic heterocycles. The minimum atomic E-state index is -0.351. The van der Waals surface area contributed by atoms with Crippen molar-refractivity contribution in [2.45, 2.75) is 13.8 Å². The third-order valence-electron chi connectivity index (χ3n) is 4.40. The Labute approximate surface area is 194 Å². The second-order valence-corrected chi connectivity index (χ2v) is 8.26. The average molecular weight is 471 g/mol. The highest BCUT2D eigenvalue weighted by atomic mass is 35.5. The van der Waals surface area contributed by atoms with Gasteiger partial charge in [-0.3, -0.25) is 4.79 Å². The number of benzene rings is 2. The van der Waals surface area contributed by atoms with Crippen molar-refractivity contribution >= 4 is 34.8 Å². The van der Waals surface area contributed by atoms with Crippen LogP contribution in [0.25, 0.3) is 17.1 Å². The normalized spacial score (nSPS) is 11.0. The molecule has 0 aliphatic rings. The fourth-order valence-corrected chi connectivity index (χ4v) is 3.21. The Hall–Kier alpha value is -3.29. The summed E-state index contributed by atoms with van der Waals surface area (Å²) in [6.45, 7) is 4.56. The van der Waals surface area contributed by atoms with Crippen LogP contribution in [0.1, 0.15) is 24.4 Å². The van der Waals surface area contributed by atoms with E-state index in [0.717, 1.165) is 5.56 Å².